The van der Waals surface area contributed by atoms with Gasteiger partial charge < -0.3 is 9.47 Å². The number of hydrogen-bond acceptors (Lipinski definition) is 4. The molecule has 0 bridgehead atoms. The van der Waals surface area contributed by atoms with Gasteiger partial charge in [0, 0.05) is 6.92 Å². The first-order valence-corrected chi connectivity index (χ1v) is 4.04. The Morgan fingerprint density at radius 3 is 2.54 bits per heavy atom. The Bertz CT molecular complexity index is 277. The highest BCUT2D eigenvalue weighted by molar-refractivity contribution is 5.95. The molecule has 13 heavy (non-hydrogen) atoms. The van der Waals surface area contributed by atoms with Crippen LogP contribution in [-0.4, -0.2) is 24.5 Å². The lowest BCUT2D eigenvalue weighted by molar-refractivity contribution is -0.145. The van der Waals surface area contributed by atoms with Crippen LogP contribution in [0.5, 0.6) is 0 Å². The van der Waals surface area contributed by atoms with Crippen molar-refractivity contribution in [3.05, 3.63) is 11.3 Å². The second kappa shape index (κ2) is 3.60. The van der Waals surface area contributed by atoms with Crippen molar-refractivity contribution in [3.8, 4) is 0 Å². The van der Waals surface area contributed by atoms with E-state index in [1.54, 1.807) is 6.92 Å². The van der Waals surface area contributed by atoms with Crippen LogP contribution in [0.3, 0.4) is 0 Å². The summed E-state index contributed by atoms with van der Waals surface area (Å²) in [6.07, 6.45) is -0.519. The Morgan fingerprint density at radius 1 is 1.46 bits per heavy atom. The van der Waals surface area contributed by atoms with Crippen LogP contribution >= 0.6 is 0 Å². The Labute approximate surface area is 76.5 Å². The molecule has 0 aromatic rings. The molecule has 0 saturated carbocycles. The highest BCUT2D eigenvalue weighted by Crippen LogP contribution is 2.22. The van der Waals surface area contributed by atoms with Gasteiger partial charge in [0.25, 0.3) is 0 Å². The van der Waals surface area contributed by atoms with Gasteiger partial charge in [-0.2, -0.15) is 0 Å². The smallest absolute Gasteiger partial charge is 0.303 e. The van der Waals surface area contributed by atoms with Crippen LogP contribution in [0.4, 0.5) is 0 Å². The molecule has 1 aliphatic rings. The van der Waals surface area contributed by atoms with E-state index in [4.69, 9.17) is 9.47 Å². The number of Topliss-reactive ketones (excluding diaryl/α,β-unsaturated/α-hetero) is 1. The van der Waals surface area contributed by atoms with Crippen molar-refractivity contribution in [3.63, 3.8) is 0 Å². The van der Waals surface area contributed by atoms with Crippen LogP contribution in [0.25, 0.3) is 0 Å². The topological polar surface area (TPSA) is 52.6 Å². The minimum absolute atomic E-state index is 0.110. The molecule has 4 nitrogen and oxygen atoms in total. The summed E-state index contributed by atoms with van der Waals surface area (Å²) in [5.74, 6) is 0.0436. The Balaban J connectivity index is 2.79. The van der Waals surface area contributed by atoms with E-state index in [9.17, 15) is 9.59 Å². The van der Waals surface area contributed by atoms with Gasteiger partial charge in [-0.25, -0.2) is 0 Å². The van der Waals surface area contributed by atoms with Crippen LogP contribution in [0, 0.1) is 0 Å². The Hall–Kier alpha value is -1.32. The van der Waals surface area contributed by atoms with E-state index in [0.29, 0.717) is 11.3 Å². The predicted octanol–water partition coefficient (Wildman–Crippen LogP) is 0.811. The molecule has 0 amide bonds. The van der Waals surface area contributed by atoms with Gasteiger partial charge in [-0.3, -0.25) is 9.59 Å². The summed E-state index contributed by atoms with van der Waals surface area (Å²) < 4.78 is 10.0. The quantitative estimate of drug-likeness (QED) is 0.596. The number of allylic oxidation sites excluding steroid dienone is 1. The van der Waals surface area contributed by atoms with E-state index in [2.05, 4.69) is 0 Å². The van der Waals surface area contributed by atoms with Gasteiger partial charge in [0.15, 0.2) is 11.9 Å². The van der Waals surface area contributed by atoms with E-state index in [1.165, 1.54) is 13.8 Å². The molecule has 0 radical (unpaired) electrons. The number of ketones is 1. The summed E-state index contributed by atoms with van der Waals surface area (Å²) in [4.78, 5) is 21.8. The normalized spacial score (nSPS) is 21.3. The molecule has 1 atom stereocenters. The van der Waals surface area contributed by atoms with Crippen LogP contribution in [0.1, 0.15) is 20.8 Å². The number of rotatable bonds is 2. The molecule has 72 valence electrons. The fourth-order valence-electron chi connectivity index (χ4n) is 1.36. The molecule has 0 aromatic heterocycles. The molecule has 0 saturated heterocycles. The first kappa shape index (κ1) is 9.77. The average Bonchev–Trinajstić information content (AvgIpc) is 2.30. The molecule has 0 fully saturated rings. The van der Waals surface area contributed by atoms with Crippen LogP contribution in [0.15, 0.2) is 11.3 Å². The molecule has 0 aliphatic carbocycles. The maximum Gasteiger partial charge on any atom is 0.303 e. The molecule has 1 unspecified atom stereocenters. The molecule has 1 aliphatic heterocycles. The van der Waals surface area contributed by atoms with Gasteiger partial charge in [-0.05, 0) is 13.8 Å². The lowest BCUT2D eigenvalue weighted by Crippen LogP contribution is -2.22. The predicted molar refractivity (Wildman–Crippen MR) is 44.9 cm³/mol. The summed E-state index contributed by atoms with van der Waals surface area (Å²) in [6, 6.07) is 0. The standard InChI is InChI=1S/C9H12O4/c1-5(10)9-6(2)12-4-8(9)13-7(3)11/h8H,4H2,1-3H3. The molecule has 1 rings (SSSR count). The minimum atomic E-state index is -0.519. The van der Waals surface area contributed by atoms with Crippen LogP contribution < -0.4 is 0 Å². The van der Waals surface area contributed by atoms with Crippen molar-refractivity contribution in [2.45, 2.75) is 26.9 Å². The van der Waals surface area contributed by atoms with E-state index in [-0.39, 0.29) is 12.4 Å². The van der Waals surface area contributed by atoms with Crippen molar-refractivity contribution < 1.29 is 19.1 Å². The average molecular weight is 184 g/mol. The second-order valence-corrected chi connectivity index (χ2v) is 2.94. The first-order valence-electron chi connectivity index (χ1n) is 4.04. The van der Waals surface area contributed by atoms with Crippen molar-refractivity contribution in [2.24, 2.45) is 0 Å². The molecule has 1 heterocycles. The summed E-state index contributed by atoms with van der Waals surface area (Å²) in [7, 11) is 0. The lowest BCUT2D eigenvalue weighted by atomic mass is 10.1. The minimum Gasteiger partial charge on any atom is -0.493 e. The summed E-state index contributed by atoms with van der Waals surface area (Å²) in [5.41, 5.74) is 0.468. The zero-order valence-corrected chi connectivity index (χ0v) is 7.92. The van der Waals surface area contributed by atoms with Crippen molar-refractivity contribution in [2.75, 3.05) is 6.61 Å². The van der Waals surface area contributed by atoms with E-state index >= 15 is 0 Å². The van der Waals surface area contributed by atoms with E-state index in [1.807, 2.05) is 0 Å². The largest absolute Gasteiger partial charge is 0.493 e. The molecular weight excluding hydrogens is 172 g/mol. The fraction of sp³-hybridized carbons (Fsp3) is 0.556. The maximum absolute atomic E-state index is 11.1. The van der Waals surface area contributed by atoms with Crippen molar-refractivity contribution >= 4 is 11.8 Å². The fourth-order valence-corrected chi connectivity index (χ4v) is 1.36. The lowest BCUT2D eigenvalue weighted by Gasteiger charge is -2.09. The first-order chi connectivity index (χ1) is 6.02. The third-order valence-electron chi connectivity index (χ3n) is 1.84. The Morgan fingerprint density at radius 2 is 2.08 bits per heavy atom. The number of esters is 1. The highest BCUT2D eigenvalue weighted by Gasteiger charge is 2.30. The van der Waals surface area contributed by atoms with Crippen molar-refractivity contribution in [1.29, 1.82) is 0 Å². The zero-order valence-electron chi connectivity index (χ0n) is 7.92. The zero-order chi connectivity index (χ0) is 10.0. The SMILES string of the molecule is CC(=O)OC1COC(C)=C1C(C)=O. The number of carbonyl (C=O) groups is 2. The molecule has 0 aromatic carbocycles. The maximum atomic E-state index is 11.1. The number of carbonyl (C=O) groups excluding carboxylic acids is 2. The summed E-state index contributed by atoms with van der Waals surface area (Å²) >= 11 is 0. The summed E-state index contributed by atoms with van der Waals surface area (Å²) in [6.45, 7) is 4.69. The number of hydrogen-bond donors (Lipinski definition) is 0. The summed E-state index contributed by atoms with van der Waals surface area (Å²) in [5, 5.41) is 0. The molecule has 0 spiro atoms. The van der Waals surface area contributed by atoms with Gasteiger partial charge in [0.2, 0.25) is 0 Å². The van der Waals surface area contributed by atoms with Gasteiger partial charge in [-0.1, -0.05) is 0 Å². The van der Waals surface area contributed by atoms with E-state index in [0.717, 1.165) is 0 Å². The van der Waals surface area contributed by atoms with E-state index < -0.39 is 12.1 Å². The number of ether oxygens (including phenoxy) is 2. The monoisotopic (exact) mass is 184 g/mol. The molecular formula is C9H12O4. The van der Waals surface area contributed by atoms with Gasteiger partial charge in [-0.15, -0.1) is 0 Å². The van der Waals surface area contributed by atoms with Gasteiger partial charge in [0.05, 0.1) is 5.57 Å². The van der Waals surface area contributed by atoms with Crippen molar-refractivity contribution in [1.82, 2.24) is 0 Å². The second-order valence-electron chi connectivity index (χ2n) is 2.94. The third kappa shape index (κ3) is 2.08. The van der Waals surface area contributed by atoms with Gasteiger partial charge >= 0.3 is 5.97 Å². The van der Waals surface area contributed by atoms with Crippen LogP contribution in [-0.2, 0) is 19.1 Å². The highest BCUT2D eigenvalue weighted by atomic mass is 16.6. The molecule has 0 N–H and O–H groups in total. The molecule has 4 heteroatoms. The Kier molecular flexibility index (Phi) is 2.70. The van der Waals surface area contributed by atoms with Gasteiger partial charge in [0.1, 0.15) is 12.4 Å². The third-order valence-corrected chi connectivity index (χ3v) is 1.84. The van der Waals surface area contributed by atoms with Crippen LogP contribution in [0.2, 0.25) is 0 Å².